The van der Waals surface area contributed by atoms with Crippen LogP contribution >= 0.6 is 0 Å². The predicted molar refractivity (Wildman–Crippen MR) is 78.1 cm³/mol. The lowest BCUT2D eigenvalue weighted by Crippen LogP contribution is -2.46. The average Bonchev–Trinajstić information content (AvgIpc) is 2.87. The molecule has 6 heteroatoms. The fraction of sp³-hybridized carbons (Fsp3) is 0.533. The molecule has 1 aliphatic rings. The molecule has 1 aliphatic heterocycles. The van der Waals surface area contributed by atoms with Gasteiger partial charge < -0.3 is 10.1 Å². The number of amides is 1. The molecular weight excluding hydrogens is 268 g/mol. The zero-order valence-corrected chi connectivity index (χ0v) is 12.8. The van der Waals surface area contributed by atoms with E-state index in [9.17, 15) is 4.79 Å². The second-order valence-corrected chi connectivity index (χ2v) is 6.65. The van der Waals surface area contributed by atoms with Crippen LogP contribution in [0.3, 0.4) is 0 Å². The van der Waals surface area contributed by atoms with E-state index in [0.717, 1.165) is 6.42 Å². The molecule has 1 N–H and O–H groups in total. The van der Waals surface area contributed by atoms with Crippen molar-refractivity contribution in [3.05, 3.63) is 30.1 Å². The van der Waals surface area contributed by atoms with Crippen LogP contribution in [0.4, 0.5) is 0 Å². The first-order valence-corrected chi connectivity index (χ1v) is 7.09. The Kier molecular flexibility index (Phi) is 3.02. The molecule has 1 amide bonds. The van der Waals surface area contributed by atoms with Gasteiger partial charge in [0, 0.05) is 6.20 Å². The van der Waals surface area contributed by atoms with Gasteiger partial charge in [-0.05, 0) is 46.2 Å². The summed E-state index contributed by atoms with van der Waals surface area (Å²) in [6.07, 6.45) is 3.97. The minimum atomic E-state index is -0.389. The van der Waals surface area contributed by atoms with Crippen LogP contribution in [0.15, 0.2) is 24.5 Å². The second-order valence-electron chi connectivity index (χ2n) is 6.65. The summed E-state index contributed by atoms with van der Waals surface area (Å²) in [5.41, 5.74) is 0.611. The van der Waals surface area contributed by atoms with E-state index in [2.05, 4.69) is 15.5 Å². The Labute approximate surface area is 123 Å². The van der Waals surface area contributed by atoms with Crippen molar-refractivity contribution in [2.24, 2.45) is 0 Å². The third kappa shape index (κ3) is 2.51. The van der Waals surface area contributed by atoms with Crippen molar-refractivity contribution in [1.29, 1.82) is 0 Å². The van der Waals surface area contributed by atoms with Crippen LogP contribution < -0.4 is 5.32 Å². The van der Waals surface area contributed by atoms with Gasteiger partial charge in [0.15, 0.2) is 0 Å². The number of aromatic nitrogens is 3. The molecule has 0 unspecified atom stereocenters. The van der Waals surface area contributed by atoms with E-state index in [1.165, 1.54) is 4.63 Å². The highest BCUT2D eigenvalue weighted by Crippen LogP contribution is 2.37. The molecule has 2 aromatic rings. The quantitative estimate of drug-likeness (QED) is 0.915. The molecule has 2 aromatic heterocycles. The predicted octanol–water partition coefficient (Wildman–Crippen LogP) is 1.81. The minimum absolute atomic E-state index is 0.0355. The number of nitrogens with one attached hydrogen (secondary N) is 1. The molecule has 0 saturated carbocycles. The molecule has 0 spiro atoms. The Bertz CT molecular complexity index is 690. The second kappa shape index (κ2) is 4.53. The van der Waals surface area contributed by atoms with Gasteiger partial charge in [-0.2, -0.15) is 14.8 Å². The van der Waals surface area contributed by atoms with E-state index in [4.69, 9.17) is 4.74 Å². The van der Waals surface area contributed by atoms with Crippen molar-refractivity contribution in [2.45, 2.75) is 51.4 Å². The van der Waals surface area contributed by atoms with E-state index >= 15 is 0 Å². The van der Waals surface area contributed by atoms with Crippen molar-refractivity contribution >= 4 is 11.4 Å². The number of hydrogen-bond acceptors (Lipinski definition) is 4. The first kappa shape index (κ1) is 14.0. The Hall–Kier alpha value is -1.95. The number of carbonyl (C=O) groups excluding carboxylic acids is 1. The maximum absolute atomic E-state index is 12.5. The topological polar surface area (TPSA) is 68.5 Å². The van der Waals surface area contributed by atoms with Gasteiger partial charge in [-0.25, -0.2) is 0 Å². The normalized spacial score (nSPS) is 23.3. The summed E-state index contributed by atoms with van der Waals surface area (Å²) in [7, 11) is 0. The number of hydrogen-bond donors (Lipinski definition) is 1. The first-order chi connectivity index (χ1) is 9.78. The number of nitrogens with zero attached hydrogens (tertiary/aromatic N) is 3. The monoisotopic (exact) mass is 288 g/mol. The van der Waals surface area contributed by atoms with Crippen LogP contribution in [0, 0.1) is 0 Å². The third-order valence-corrected chi connectivity index (χ3v) is 3.93. The largest absolute Gasteiger partial charge is 0.367 e. The lowest BCUT2D eigenvalue weighted by atomic mass is 9.94. The molecule has 112 valence electrons. The van der Waals surface area contributed by atoms with Crippen molar-refractivity contribution in [3.63, 3.8) is 0 Å². The van der Waals surface area contributed by atoms with Crippen molar-refractivity contribution in [3.8, 4) is 0 Å². The van der Waals surface area contributed by atoms with Crippen LogP contribution in [-0.4, -0.2) is 38.0 Å². The molecule has 0 aromatic carbocycles. The fourth-order valence-corrected chi connectivity index (χ4v) is 3.03. The minimum Gasteiger partial charge on any atom is -0.367 e. The molecule has 21 heavy (non-hydrogen) atoms. The summed E-state index contributed by atoms with van der Waals surface area (Å²) < 4.78 is 7.46. The number of fused-ring (bicyclic) bond motifs is 1. The van der Waals surface area contributed by atoms with Gasteiger partial charge in [-0.1, -0.05) is 0 Å². The van der Waals surface area contributed by atoms with Gasteiger partial charge in [0.25, 0.3) is 5.91 Å². The molecule has 0 aliphatic carbocycles. The molecule has 3 rings (SSSR count). The molecule has 1 fully saturated rings. The zero-order valence-electron chi connectivity index (χ0n) is 12.8. The van der Waals surface area contributed by atoms with Crippen LogP contribution in [0.25, 0.3) is 5.52 Å². The Morgan fingerprint density at radius 2 is 2.14 bits per heavy atom. The van der Waals surface area contributed by atoms with Crippen LogP contribution in [0.1, 0.15) is 44.5 Å². The summed E-state index contributed by atoms with van der Waals surface area (Å²) in [5, 5.41) is 11.2. The number of ether oxygens (including phenoxy) is 1. The molecule has 3 heterocycles. The molecule has 0 radical (unpaired) electrons. The Morgan fingerprint density at radius 1 is 1.38 bits per heavy atom. The van der Waals surface area contributed by atoms with Gasteiger partial charge in [-0.3, -0.25) is 4.79 Å². The zero-order chi connectivity index (χ0) is 15.3. The van der Waals surface area contributed by atoms with Crippen molar-refractivity contribution in [1.82, 2.24) is 20.1 Å². The highest BCUT2D eigenvalue weighted by atomic mass is 16.5. The summed E-state index contributed by atoms with van der Waals surface area (Å²) in [4.78, 5) is 12.5. The van der Waals surface area contributed by atoms with E-state index in [1.54, 1.807) is 18.5 Å². The molecular formula is C15H20N4O2. The van der Waals surface area contributed by atoms with E-state index in [0.29, 0.717) is 11.1 Å². The lowest BCUT2D eigenvalue weighted by Gasteiger charge is -2.27. The highest BCUT2D eigenvalue weighted by molar-refractivity contribution is 6.00. The van der Waals surface area contributed by atoms with Crippen LogP contribution in [-0.2, 0) is 4.74 Å². The molecule has 6 nitrogen and oxygen atoms in total. The van der Waals surface area contributed by atoms with Crippen LogP contribution in [0.5, 0.6) is 0 Å². The Morgan fingerprint density at radius 3 is 2.81 bits per heavy atom. The van der Waals surface area contributed by atoms with Crippen molar-refractivity contribution < 1.29 is 9.53 Å². The fourth-order valence-electron chi connectivity index (χ4n) is 3.03. The maximum Gasteiger partial charge on any atom is 0.255 e. The number of carbonyl (C=O) groups is 1. The van der Waals surface area contributed by atoms with Gasteiger partial charge in [-0.15, -0.1) is 0 Å². The summed E-state index contributed by atoms with van der Waals surface area (Å²) >= 11 is 0. The van der Waals surface area contributed by atoms with Crippen LogP contribution in [0.2, 0.25) is 0 Å². The van der Waals surface area contributed by atoms with Gasteiger partial charge in [0.1, 0.15) is 5.52 Å². The van der Waals surface area contributed by atoms with Gasteiger partial charge in [0.05, 0.1) is 29.0 Å². The van der Waals surface area contributed by atoms with Gasteiger partial charge in [0.2, 0.25) is 0 Å². The maximum atomic E-state index is 12.5. The van der Waals surface area contributed by atoms with E-state index in [-0.39, 0.29) is 23.2 Å². The molecule has 1 saturated heterocycles. The molecule has 1 atom stereocenters. The van der Waals surface area contributed by atoms with Crippen molar-refractivity contribution in [2.75, 3.05) is 0 Å². The smallest absolute Gasteiger partial charge is 0.255 e. The first-order valence-electron chi connectivity index (χ1n) is 7.09. The summed E-state index contributed by atoms with van der Waals surface area (Å²) in [6, 6.07) is 3.58. The SMILES string of the molecule is CC1(C)C[C@@H](NC(=O)c2cnn3ncccc23)C(C)(C)O1. The summed E-state index contributed by atoms with van der Waals surface area (Å²) in [6.45, 7) is 8.09. The van der Waals surface area contributed by atoms with E-state index < -0.39 is 0 Å². The van der Waals surface area contributed by atoms with Gasteiger partial charge >= 0.3 is 0 Å². The lowest BCUT2D eigenvalue weighted by molar-refractivity contribution is -0.0693. The Balaban J connectivity index is 1.84. The third-order valence-electron chi connectivity index (χ3n) is 3.93. The van der Waals surface area contributed by atoms with E-state index in [1.807, 2.05) is 33.8 Å². The standard InChI is InChI=1S/C15H20N4O2/c1-14(2)8-12(15(3,4)21-14)18-13(20)10-9-17-19-11(10)6-5-7-16-19/h5-7,9,12H,8H2,1-4H3,(H,18,20)/t12-/m1/s1. The summed E-state index contributed by atoms with van der Waals surface area (Å²) in [5.74, 6) is -0.141. The highest BCUT2D eigenvalue weighted by Gasteiger charge is 2.46. The average molecular weight is 288 g/mol. The molecule has 0 bridgehead atoms. The number of rotatable bonds is 2.